The third kappa shape index (κ3) is 2.57. The van der Waals surface area contributed by atoms with Crippen molar-refractivity contribution in [1.82, 2.24) is 0 Å². The fourth-order valence-electron chi connectivity index (χ4n) is 2.83. The van der Waals surface area contributed by atoms with E-state index in [4.69, 9.17) is 9.47 Å². The molecule has 1 fully saturated rings. The SMILES string of the molecule is BrC(c1ccc2c(c1)CCCO2)C1CCOCC1. The van der Waals surface area contributed by atoms with Crippen molar-refractivity contribution >= 4 is 15.9 Å². The molecular formula is C15H19BrO2. The molecule has 0 saturated carbocycles. The van der Waals surface area contributed by atoms with E-state index >= 15 is 0 Å². The fourth-order valence-corrected chi connectivity index (χ4v) is 3.65. The van der Waals surface area contributed by atoms with Gasteiger partial charge in [0.1, 0.15) is 5.75 Å². The van der Waals surface area contributed by atoms with E-state index in [1.54, 1.807) is 0 Å². The summed E-state index contributed by atoms with van der Waals surface area (Å²) in [6.07, 6.45) is 4.60. The van der Waals surface area contributed by atoms with E-state index in [0.29, 0.717) is 10.7 Å². The lowest BCUT2D eigenvalue weighted by Crippen LogP contribution is -2.19. The Hall–Kier alpha value is -0.540. The Kier molecular flexibility index (Phi) is 3.90. The first-order chi connectivity index (χ1) is 8.84. The van der Waals surface area contributed by atoms with Crippen molar-refractivity contribution in [3.8, 4) is 5.75 Å². The number of hydrogen-bond donors (Lipinski definition) is 0. The number of hydrogen-bond acceptors (Lipinski definition) is 2. The van der Waals surface area contributed by atoms with E-state index in [0.717, 1.165) is 51.3 Å². The lowest BCUT2D eigenvalue weighted by atomic mass is 9.91. The van der Waals surface area contributed by atoms with E-state index < -0.39 is 0 Å². The Balaban J connectivity index is 1.78. The molecular weight excluding hydrogens is 292 g/mol. The second-order valence-electron chi connectivity index (χ2n) is 5.17. The third-order valence-corrected chi connectivity index (χ3v) is 5.21. The van der Waals surface area contributed by atoms with E-state index in [-0.39, 0.29) is 0 Å². The van der Waals surface area contributed by atoms with Crippen molar-refractivity contribution in [2.24, 2.45) is 5.92 Å². The van der Waals surface area contributed by atoms with Gasteiger partial charge in [-0.1, -0.05) is 28.1 Å². The minimum absolute atomic E-state index is 0.452. The van der Waals surface area contributed by atoms with Crippen molar-refractivity contribution in [1.29, 1.82) is 0 Å². The number of alkyl halides is 1. The minimum atomic E-state index is 0.452. The molecule has 0 aromatic heterocycles. The first-order valence-corrected chi connectivity index (χ1v) is 7.73. The Labute approximate surface area is 117 Å². The molecule has 0 amide bonds. The fraction of sp³-hybridized carbons (Fsp3) is 0.600. The number of ether oxygens (including phenoxy) is 2. The van der Waals surface area contributed by atoms with Gasteiger partial charge in [-0.25, -0.2) is 0 Å². The topological polar surface area (TPSA) is 18.5 Å². The zero-order valence-electron chi connectivity index (χ0n) is 10.5. The quantitative estimate of drug-likeness (QED) is 0.772. The molecule has 3 rings (SSSR count). The number of aryl methyl sites for hydroxylation is 1. The maximum Gasteiger partial charge on any atom is 0.122 e. The summed E-state index contributed by atoms with van der Waals surface area (Å²) in [6.45, 7) is 2.67. The first-order valence-electron chi connectivity index (χ1n) is 6.82. The van der Waals surface area contributed by atoms with E-state index in [2.05, 4.69) is 34.1 Å². The van der Waals surface area contributed by atoms with Gasteiger partial charge in [-0.3, -0.25) is 0 Å². The summed E-state index contributed by atoms with van der Waals surface area (Å²) in [5, 5.41) is 0. The van der Waals surface area contributed by atoms with Gasteiger partial charge in [-0.2, -0.15) is 0 Å². The summed E-state index contributed by atoms with van der Waals surface area (Å²) in [7, 11) is 0. The molecule has 2 aliphatic heterocycles. The molecule has 1 aromatic carbocycles. The highest BCUT2D eigenvalue weighted by Crippen LogP contribution is 2.39. The Morgan fingerprint density at radius 1 is 1.17 bits per heavy atom. The highest BCUT2D eigenvalue weighted by molar-refractivity contribution is 9.09. The molecule has 2 heterocycles. The van der Waals surface area contributed by atoms with Gasteiger partial charge < -0.3 is 9.47 Å². The summed E-state index contributed by atoms with van der Waals surface area (Å²) in [5.74, 6) is 1.78. The second kappa shape index (κ2) is 5.62. The molecule has 1 atom stereocenters. The summed E-state index contributed by atoms with van der Waals surface area (Å²) in [4.78, 5) is 0.452. The predicted molar refractivity (Wildman–Crippen MR) is 75.5 cm³/mol. The summed E-state index contributed by atoms with van der Waals surface area (Å²) < 4.78 is 11.1. The van der Waals surface area contributed by atoms with Crippen LogP contribution in [0.1, 0.15) is 35.2 Å². The molecule has 1 unspecified atom stereocenters. The van der Waals surface area contributed by atoms with E-state index in [1.807, 2.05) is 0 Å². The second-order valence-corrected chi connectivity index (χ2v) is 6.16. The van der Waals surface area contributed by atoms with Gasteiger partial charge in [0.2, 0.25) is 0 Å². The molecule has 18 heavy (non-hydrogen) atoms. The van der Waals surface area contributed by atoms with Crippen LogP contribution in [-0.4, -0.2) is 19.8 Å². The first kappa shape index (κ1) is 12.5. The van der Waals surface area contributed by atoms with Crippen molar-refractivity contribution in [2.45, 2.75) is 30.5 Å². The lowest BCUT2D eigenvalue weighted by molar-refractivity contribution is 0.0662. The predicted octanol–water partition coefficient (Wildman–Crippen LogP) is 3.87. The van der Waals surface area contributed by atoms with Crippen molar-refractivity contribution < 1.29 is 9.47 Å². The Morgan fingerprint density at radius 2 is 2.00 bits per heavy atom. The normalized spacial score (nSPS) is 22.1. The van der Waals surface area contributed by atoms with Crippen LogP contribution in [0.2, 0.25) is 0 Å². The molecule has 2 nitrogen and oxygen atoms in total. The molecule has 0 bridgehead atoms. The smallest absolute Gasteiger partial charge is 0.122 e. The highest BCUT2D eigenvalue weighted by atomic mass is 79.9. The van der Waals surface area contributed by atoms with Gasteiger partial charge in [0.05, 0.1) is 6.61 Å². The number of fused-ring (bicyclic) bond motifs is 1. The van der Waals surface area contributed by atoms with Crippen LogP contribution in [0, 0.1) is 5.92 Å². The average molecular weight is 311 g/mol. The van der Waals surface area contributed by atoms with Crippen LogP contribution in [0.25, 0.3) is 0 Å². The van der Waals surface area contributed by atoms with Crippen LogP contribution in [0.15, 0.2) is 18.2 Å². The van der Waals surface area contributed by atoms with E-state index in [1.165, 1.54) is 11.1 Å². The molecule has 0 N–H and O–H groups in total. The summed E-state index contributed by atoms with van der Waals surface area (Å²) >= 11 is 3.88. The third-order valence-electron chi connectivity index (χ3n) is 3.93. The van der Waals surface area contributed by atoms with Gasteiger partial charge in [0.15, 0.2) is 0 Å². The van der Waals surface area contributed by atoms with Crippen LogP contribution in [-0.2, 0) is 11.2 Å². The van der Waals surface area contributed by atoms with Crippen LogP contribution in [0.4, 0.5) is 0 Å². The average Bonchev–Trinajstić information content (AvgIpc) is 2.47. The van der Waals surface area contributed by atoms with Gasteiger partial charge >= 0.3 is 0 Å². The molecule has 0 radical (unpaired) electrons. The minimum Gasteiger partial charge on any atom is -0.493 e. The molecule has 0 aliphatic carbocycles. The van der Waals surface area contributed by atoms with Crippen molar-refractivity contribution in [3.05, 3.63) is 29.3 Å². The zero-order valence-corrected chi connectivity index (χ0v) is 12.1. The van der Waals surface area contributed by atoms with Crippen LogP contribution in [0.5, 0.6) is 5.75 Å². The van der Waals surface area contributed by atoms with Crippen LogP contribution < -0.4 is 4.74 Å². The van der Waals surface area contributed by atoms with Gasteiger partial charge in [-0.15, -0.1) is 0 Å². The van der Waals surface area contributed by atoms with Crippen molar-refractivity contribution in [2.75, 3.05) is 19.8 Å². The largest absolute Gasteiger partial charge is 0.493 e. The van der Waals surface area contributed by atoms with E-state index in [9.17, 15) is 0 Å². The molecule has 0 spiro atoms. The molecule has 3 heteroatoms. The zero-order chi connectivity index (χ0) is 12.4. The van der Waals surface area contributed by atoms with Gasteiger partial charge in [0, 0.05) is 18.0 Å². The summed E-state index contributed by atoms with van der Waals surface area (Å²) in [6, 6.07) is 6.67. The maximum absolute atomic E-state index is 5.67. The standard InChI is InChI=1S/C15H19BrO2/c16-15(11-5-8-17-9-6-11)13-3-4-14-12(10-13)2-1-7-18-14/h3-4,10-11,15H,1-2,5-9H2. The Morgan fingerprint density at radius 3 is 2.83 bits per heavy atom. The highest BCUT2D eigenvalue weighted by Gasteiger charge is 2.24. The Bertz CT molecular complexity index is 413. The molecule has 1 aromatic rings. The molecule has 98 valence electrons. The number of rotatable bonds is 2. The molecule has 2 aliphatic rings. The monoisotopic (exact) mass is 310 g/mol. The molecule has 1 saturated heterocycles. The maximum atomic E-state index is 5.67. The van der Waals surface area contributed by atoms with Gasteiger partial charge in [-0.05, 0) is 48.8 Å². The summed E-state index contributed by atoms with van der Waals surface area (Å²) in [5.41, 5.74) is 2.77. The number of benzene rings is 1. The van der Waals surface area contributed by atoms with Crippen LogP contribution >= 0.6 is 15.9 Å². The lowest BCUT2D eigenvalue weighted by Gasteiger charge is -2.27. The van der Waals surface area contributed by atoms with Crippen LogP contribution in [0.3, 0.4) is 0 Å². The van der Waals surface area contributed by atoms with Gasteiger partial charge in [0.25, 0.3) is 0 Å². The van der Waals surface area contributed by atoms with Crippen molar-refractivity contribution in [3.63, 3.8) is 0 Å². The number of halogens is 1.